The lowest BCUT2D eigenvalue weighted by Crippen LogP contribution is -1.94. The van der Waals surface area contributed by atoms with Crippen LogP contribution in [0.2, 0.25) is 5.15 Å². The summed E-state index contributed by atoms with van der Waals surface area (Å²) in [4.78, 5) is 17.5. The molecule has 0 atom stereocenters. The van der Waals surface area contributed by atoms with Gasteiger partial charge in [-0.1, -0.05) is 11.6 Å². The molecule has 2 N–H and O–H groups in total. The summed E-state index contributed by atoms with van der Waals surface area (Å²) < 4.78 is 0. The van der Waals surface area contributed by atoms with Crippen LogP contribution in [-0.4, -0.2) is 16.3 Å². The first kappa shape index (κ1) is 8.67. The highest BCUT2D eigenvalue weighted by molar-refractivity contribution is 6.30. The first-order valence-corrected chi connectivity index (χ1v) is 3.51. The van der Waals surface area contributed by atoms with Crippen LogP contribution in [-0.2, 0) is 4.79 Å². The highest BCUT2D eigenvalue weighted by atomic mass is 35.5. The number of nitrogens with two attached hydrogens (primary N) is 1. The number of aromatic nitrogens is 2. The zero-order valence-corrected chi connectivity index (χ0v) is 6.82. The number of carbonyl (C=O) groups is 1. The molecule has 4 nitrogen and oxygen atoms in total. The average Bonchev–Trinajstić information content (AvgIpc) is 2.03. The first-order valence-electron chi connectivity index (χ1n) is 3.14. The smallest absolute Gasteiger partial charge is 0.157 e. The minimum atomic E-state index is 0.188. The molecule has 5 heteroatoms. The fraction of sp³-hybridized carbons (Fsp3) is 0. The maximum atomic E-state index is 9.95. The molecule has 0 radical (unpaired) electrons. The van der Waals surface area contributed by atoms with Gasteiger partial charge >= 0.3 is 0 Å². The number of hydrogen-bond donors (Lipinski definition) is 1. The van der Waals surface area contributed by atoms with Crippen LogP contribution < -0.4 is 5.73 Å². The van der Waals surface area contributed by atoms with Crippen molar-refractivity contribution in [1.82, 2.24) is 9.97 Å². The number of anilines is 1. The van der Waals surface area contributed by atoms with Crippen molar-refractivity contribution in [2.75, 3.05) is 5.73 Å². The number of rotatable bonds is 2. The van der Waals surface area contributed by atoms with Gasteiger partial charge in [0.1, 0.15) is 17.8 Å². The molecular formula is C7H6ClN3O. The van der Waals surface area contributed by atoms with Crippen molar-refractivity contribution in [1.29, 1.82) is 0 Å². The van der Waals surface area contributed by atoms with Crippen molar-refractivity contribution >= 4 is 29.8 Å². The van der Waals surface area contributed by atoms with Gasteiger partial charge in [0.15, 0.2) is 5.15 Å². The van der Waals surface area contributed by atoms with Crippen molar-refractivity contribution in [2.45, 2.75) is 0 Å². The van der Waals surface area contributed by atoms with E-state index in [4.69, 9.17) is 17.3 Å². The van der Waals surface area contributed by atoms with Gasteiger partial charge in [-0.15, -0.1) is 0 Å². The van der Waals surface area contributed by atoms with Gasteiger partial charge in [0, 0.05) is 0 Å². The third kappa shape index (κ3) is 2.03. The van der Waals surface area contributed by atoms with Gasteiger partial charge in [0.25, 0.3) is 0 Å². The van der Waals surface area contributed by atoms with E-state index in [1.165, 1.54) is 18.3 Å². The Morgan fingerprint density at radius 3 is 2.92 bits per heavy atom. The first-order chi connectivity index (χ1) is 5.74. The third-order valence-electron chi connectivity index (χ3n) is 1.11. The molecule has 0 aromatic carbocycles. The van der Waals surface area contributed by atoms with Crippen LogP contribution in [0.3, 0.4) is 0 Å². The van der Waals surface area contributed by atoms with Crippen molar-refractivity contribution in [3.63, 3.8) is 0 Å². The number of nitrogens with zero attached hydrogens (tertiary/aromatic N) is 2. The average molecular weight is 184 g/mol. The van der Waals surface area contributed by atoms with E-state index in [0.29, 0.717) is 12.0 Å². The summed E-state index contributed by atoms with van der Waals surface area (Å²) in [7, 11) is 0. The van der Waals surface area contributed by atoms with Gasteiger partial charge in [-0.2, -0.15) is 0 Å². The normalized spacial score (nSPS) is 10.4. The van der Waals surface area contributed by atoms with Crippen molar-refractivity contribution in [3.8, 4) is 0 Å². The number of nitrogen functional groups attached to an aromatic ring is 1. The minimum Gasteiger partial charge on any atom is -0.382 e. The Morgan fingerprint density at radius 1 is 1.58 bits per heavy atom. The van der Waals surface area contributed by atoms with E-state index in [9.17, 15) is 4.79 Å². The molecular weight excluding hydrogens is 178 g/mol. The Labute approximate surface area is 74.1 Å². The van der Waals surface area contributed by atoms with Crippen LogP contribution in [0.15, 0.2) is 12.3 Å². The lowest BCUT2D eigenvalue weighted by Gasteiger charge is -1.95. The van der Waals surface area contributed by atoms with E-state index in [1.54, 1.807) is 0 Å². The second-order valence-electron chi connectivity index (χ2n) is 1.97. The zero-order chi connectivity index (χ0) is 8.97. The molecule has 0 unspecified atom stereocenters. The summed E-state index contributed by atoms with van der Waals surface area (Å²) in [5.41, 5.74) is 5.73. The summed E-state index contributed by atoms with van der Waals surface area (Å²) in [6.07, 6.45) is 4.75. The molecule has 0 aliphatic rings. The summed E-state index contributed by atoms with van der Waals surface area (Å²) in [6.45, 7) is 0. The lowest BCUT2D eigenvalue weighted by molar-refractivity contribution is -0.104. The fourth-order valence-electron chi connectivity index (χ4n) is 0.631. The molecule has 0 aliphatic carbocycles. The molecule has 1 aromatic rings. The summed E-state index contributed by atoms with van der Waals surface area (Å²) in [6, 6.07) is 0. The second kappa shape index (κ2) is 3.82. The summed E-state index contributed by atoms with van der Waals surface area (Å²) in [5, 5.41) is 0.188. The van der Waals surface area contributed by atoms with Gasteiger partial charge in [0.05, 0.1) is 6.20 Å². The van der Waals surface area contributed by atoms with Crippen LogP contribution in [0.4, 0.5) is 5.82 Å². The van der Waals surface area contributed by atoms with E-state index < -0.39 is 0 Å². The van der Waals surface area contributed by atoms with Gasteiger partial charge in [-0.25, -0.2) is 9.97 Å². The second-order valence-corrected chi connectivity index (χ2v) is 2.32. The molecule has 0 fully saturated rings. The molecule has 62 valence electrons. The molecule has 0 saturated heterocycles. The summed E-state index contributed by atoms with van der Waals surface area (Å²) in [5.74, 6) is 0.253. The summed E-state index contributed by atoms with van der Waals surface area (Å²) >= 11 is 5.64. The monoisotopic (exact) mass is 183 g/mol. The molecule has 0 saturated carbocycles. The zero-order valence-electron chi connectivity index (χ0n) is 6.07. The van der Waals surface area contributed by atoms with Crippen molar-refractivity contribution in [2.24, 2.45) is 0 Å². The predicted octanol–water partition coefficient (Wildman–Crippen LogP) is 0.924. The molecule has 12 heavy (non-hydrogen) atoms. The number of halogens is 1. The maximum absolute atomic E-state index is 9.95. The molecule has 1 heterocycles. The fourth-order valence-corrected chi connectivity index (χ4v) is 0.840. The topological polar surface area (TPSA) is 68.9 Å². The maximum Gasteiger partial charge on any atom is 0.157 e. The number of aldehydes is 1. The Kier molecular flexibility index (Phi) is 2.76. The van der Waals surface area contributed by atoms with Crippen molar-refractivity contribution in [3.05, 3.63) is 23.1 Å². The number of allylic oxidation sites excluding steroid dienone is 1. The van der Waals surface area contributed by atoms with Gasteiger partial charge < -0.3 is 5.73 Å². The Morgan fingerprint density at radius 2 is 2.33 bits per heavy atom. The molecule has 0 amide bonds. The molecule has 0 aliphatic heterocycles. The van der Waals surface area contributed by atoms with E-state index in [2.05, 4.69) is 9.97 Å². The molecule has 1 aromatic heterocycles. The van der Waals surface area contributed by atoms with E-state index >= 15 is 0 Å². The standard InChI is InChI=1S/C7H6ClN3O/c8-7-5(2-1-3-12)10-4-6(9)11-7/h1-4H,(H2,9,11). The predicted molar refractivity (Wildman–Crippen MR) is 46.6 cm³/mol. The van der Waals surface area contributed by atoms with Crippen LogP contribution in [0.1, 0.15) is 5.69 Å². The lowest BCUT2D eigenvalue weighted by atomic mass is 10.4. The Balaban J connectivity index is 3.01. The van der Waals surface area contributed by atoms with Crippen LogP contribution in [0.25, 0.3) is 6.08 Å². The van der Waals surface area contributed by atoms with Gasteiger partial charge in [-0.05, 0) is 12.2 Å². The van der Waals surface area contributed by atoms with Gasteiger partial charge in [0.2, 0.25) is 0 Å². The molecule has 0 bridgehead atoms. The van der Waals surface area contributed by atoms with Gasteiger partial charge in [-0.3, -0.25) is 4.79 Å². The largest absolute Gasteiger partial charge is 0.382 e. The Bertz CT molecular complexity index is 324. The van der Waals surface area contributed by atoms with E-state index in [1.807, 2.05) is 0 Å². The third-order valence-corrected chi connectivity index (χ3v) is 1.39. The minimum absolute atomic E-state index is 0.188. The number of hydrogen-bond acceptors (Lipinski definition) is 4. The SMILES string of the molecule is Nc1cnc(C=CC=O)c(Cl)n1. The van der Waals surface area contributed by atoms with E-state index in [-0.39, 0.29) is 11.0 Å². The van der Waals surface area contributed by atoms with Crippen LogP contribution in [0, 0.1) is 0 Å². The highest BCUT2D eigenvalue weighted by Crippen LogP contribution is 2.12. The molecule has 1 rings (SSSR count). The van der Waals surface area contributed by atoms with E-state index in [0.717, 1.165) is 0 Å². The highest BCUT2D eigenvalue weighted by Gasteiger charge is 1.98. The molecule has 0 spiro atoms. The quantitative estimate of drug-likeness (QED) is 0.547. The number of carbonyl (C=O) groups excluding carboxylic acids is 1. The van der Waals surface area contributed by atoms with Crippen LogP contribution in [0.5, 0.6) is 0 Å². The van der Waals surface area contributed by atoms with Crippen molar-refractivity contribution < 1.29 is 4.79 Å². The Hall–Kier alpha value is -1.42. The van der Waals surface area contributed by atoms with Crippen LogP contribution >= 0.6 is 11.6 Å².